The molecular weight excluding hydrogens is 328 g/mol. The van der Waals surface area contributed by atoms with Crippen molar-refractivity contribution in [3.05, 3.63) is 107 Å². The Morgan fingerprint density at radius 2 is 1.11 bits per heavy atom. The van der Waals surface area contributed by atoms with Gasteiger partial charge in [0, 0.05) is 5.56 Å². The summed E-state index contributed by atoms with van der Waals surface area (Å²) in [5.74, 6) is 0.585. The summed E-state index contributed by atoms with van der Waals surface area (Å²) in [5, 5.41) is 0. The first-order valence-corrected chi connectivity index (χ1v) is 9.54. The summed E-state index contributed by atoms with van der Waals surface area (Å²) in [6, 6.07) is 28.4. The summed E-state index contributed by atoms with van der Waals surface area (Å²) in [4.78, 5) is 4.51. The number of aryl methyl sites for hydroxylation is 2. The molecule has 0 aromatic heterocycles. The van der Waals surface area contributed by atoms with Crippen molar-refractivity contribution in [1.29, 1.82) is 0 Å². The van der Waals surface area contributed by atoms with E-state index < -0.39 is 0 Å². The molecule has 2 heteroatoms. The van der Waals surface area contributed by atoms with E-state index in [4.69, 9.17) is 5.73 Å². The Bertz CT molecular complexity index is 772. The molecule has 0 fully saturated rings. The third-order valence-electron chi connectivity index (χ3n) is 4.11. The number of benzene rings is 3. The van der Waals surface area contributed by atoms with Gasteiger partial charge in [0.05, 0.1) is 6.04 Å². The summed E-state index contributed by atoms with van der Waals surface area (Å²) in [5.41, 5.74) is 10.9. The van der Waals surface area contributed by atoms with Crippen LogP contribution in [0.25, 0.3) is 0 Å². The average molecular weight is 361 g/mol. The summed E-state index contributed by atoms with van der Waals surface area (Å²) < 4.78 is 0. The number of nitrogens with zero attached hydrogens (tertiary/aromatic N) is 1. The molecule has 0 aliphatic heterocycles. The maximum Gasteiger partial charge on any atom is 0.126 e. The molecule has 2 nitrogen and oxygen atoms in total. The highest BCUT2D eigenvalue weighted by Gasteiger charge is 2.04. The maximum atomic E-state index is 5.98. The van der Waals surface area contributed by atoms with Crippen molar-refractivity contribution in [3.63, 3.8) is 0 Å². The van der Waals surface area contributed by atoms with Crippen molar-refractivity contribution in [2.24, 2.45) is 10.7 Å². The molecule has 0 aliphatic rings. The molecule has 1 atom stereocenters. The standard InChI is InChI=1S/C15H16N2.C8H10.C2H6/c1-12(13-8-4-2-5-9-13)17-15(16)14-10-6-3-7-11-14;1-7-5-3-4-6-8(7)2;1-2/h2-12H,1H3,(H2,16,17);3-6H,1-2H3;1-2H3. The van der Waals surface area contributed by atoms with Crippen LogP contribution in [0, 0.1) is 13.8 Å². The fourth-order valence-corrected chi connectivity index (χ4v) is 2.36. The topological polar surface area (TPSA) is 38.4 Å². The Labute approximate surface area is 164 Å². The van der Waals surface area contributed by atoms with Gasteiger partial charge in [0.25, 0.3) is 0 Å². The second kappa shape index (κ2) is 12.5. The molecule has 0 saturated heterocycles. The van der Waals surface area contributed by atoms with Gasteiger partial charge in [0.1, 0.15) is 5.84 Å². The maximum absolute atomic E-state index is 5.98. The fourth-order valence-electron chi connectivity index (χ4n) is 2.36. The van der Waals surface area contributed by atoms with Crippen LogP contribution >= 0.6 is 0 Å². The van der Waals surface area contributed by atoms with E-state index in [1.807, 2.05) is 69.3 Å². The molecule has 3 aromatic carbocycles. The van der Waals surface area contributed by atoms with Crippen LogP contribution in [0.1, 0.15) is 49.1 Å². The number of rotatable bonds is 3. The van der Waals surface area contributed by atoms with Crippen molar-refractivity contribution < 1.29 is 0 Å². The van der Waals surface area contributed by atoms with E-state index >= 15 is 0 Å². The molecule has 0 saturated carbocycles. The van der Waals surface area contributed by atoms with Gasteiger partial charge >= 0.3 is 0 Å². The molecule has 142 valence electrons. The van der Waals surface area contributed by atoms with E-state index in [2.05, 4.69) is 55.2 Å². The minimum atomic E-state index is 0.0800. The molecule has 2 N–H and O–H groups in total. The average Bonchev–Trinajstić information content (AvgIpc) is 2.73. The Kier molecular flexibility index (Phi) is 10.2. The molecular formula is C25H32N2. The molecule has 27 heavy (non-hydrogen) atoms. The minimum Gasteiger partial charge on any atom is -0.383 e. The first-order valence-electron chi connectivity index (χ1n) is 9.54. The van der Waals surface area contributed by atoms with E-state index in [9.17, 15) is 0 Å². The fraction of sp³-hybridized carbons (Fsp3) is 0.240. The normalized spacial score (nSPS) is 11.4. The zero-order valence-electron chi connectivity index (χ0n) is 17.2. The van der Waals surface area contributed by atoms with Crippen molar-refractivity contribution in [2.45, 2.75) is 40.7 Å². The van der Waals surface area contributed by atoms with Gasteiger partial charge < -0.3 is 5.73 Å². The predicted molar refractivity (Wildman–Crippen MR) is 119 cm³/mol. The second-order valence-electron chi connectivity index (χ2n) is 6.05. The molecule has 3 aromatic rings. The van der Waals surface area contributed by atoms with Gasteiger partial charge in [-0.25, -0.2) is 0 Å². The van der Waals surface area contributed by atoms with E-state index in [0.717, 1.165) is 5.56 Å². The van der Waals surface area contributed by atoms with Gasteiger partial charge in [-0.3, -0.25) is 4.99 Å². The quantitative estimate of drug-likeness (QED) is 0.421. The van der Waals surface area contributed by atoms with Gasteiger partial charge in [0.2, 0.25) is 0 Å². The lowest BCUT2D eigenvalue weighted by atomic mass is 10.1. The Hall–Kier alpha value is -2.87. The summed E-state index contributed by atoms with van der Waals surface area (Å²) >= 11 is 0. The van der Waals surface area contributed by atoms with Crippen molar-refractivity contribution >= 4 is 5.84 Å². The van der Waals surface area contributed by atoms with Gasteiger partial charge in [0.15, 0.2) is 0 Å². The Balaban J connectivity index is 0.000000305. The zero-order valence-corrected chi connectivity index (χ0v) is 17.2. The minimum absolute atomic E-state index is 0.0800. The molecule has 1 unspecified atom stereocenters. The van der Waals surface area contributed by atoms with Crippen LogP contribution in [0.5, 0.6) is 0 Å². The van der Waals surface area contributed by atoms with Crippen molar-refractivity contribution in [3.8, 4) is 0 Å². The molecule has 0 heterocycles. The Morgan fingerprint density at radius 1 is 0.704 bits per heavy atom. The van der Waals surface area contributed by atoms with E-state index in [0.29, 0.717) is 5.84 Å². The second-order valence-corrected chi connectivity index (χ2v) is 6.05. The number of amidine groups is 1. The van der Waals surface area contributed by atoms with Crippen LogP contribution in [0.4, 0.5) is 0 Å². The van der Waals surface area contributed by atoms with Crippen LogP contribution in [0.2, 0.25) is 0 Å². The number of hydrogen-bond donors (Lipinski definition) is 1. The van der Waals surface area contributed by atoms with Crippen LogP contribution in [0.15, 0.2) is 89.9 Å². The van der Waals surface area contributed by atoms with Crippen LogP contribution in [0.3, 0.4) is 0 Å². The Morgan fingerprint density at radius 3 is 1.56 bits per heavy atom. The highest BCUT2D eigenvalue weighted by atomic mass is 14.9. The summed E-state index contributed by atoms with van der Waals surface area (Å²) in [7, 11) is 0. The molecule has 0 spiro atoms. The third kappa shape index (κ3) is 7.91. The SMILES string of the molecule is CC.CC(N=C(N)c1ccccc1)c1ccccc1.Cc1ccccc1C. The van der Waals surface area contributed by atoms with Gasteiger partial charge in [-0.05, 0) is 37.5 Å². The van der Waals surface area contributed by atoms with E-state index in [-0.39, 0.29) is 6.04 Å². The third-order valence-corrected chi connectivity index (χ3v) is 4.11. The molecule has 0 bridgehead atoms. The van der Waals surface area contributed by atoms with Crippen LogP contribution in [-0.2, 0) is 0 Å². The van der Waals surface area contributed by atoms with Gasteiger partial charge in [-0.2, -0.15) is 0 Å². The number of aliphatic imine (C=N–C) groups is 1. The van der Waals surface area contributed by atoms with Crippen molar-refractivity contribution in [2.75, 3.05) is 0 Å². The lowest BCUT2D eigenvalue weighted by molar-refractivity contribution is 0.818. The first kappa shape index (κ1) is 22.2. The molecule has 0 amide bonds. The van der Waals surface area contributed by atoms with Gasteiger partial charge in [-0.15, -0.1) is 0 Å². The van der Waals surface area contributed by atoms with Gasteiger partial charge in [-0.1, -0.05) is 98.8 Å². The smallest absolute Gasteiger partial charge is 0.126 e. The molecule has 0 aliphatic carbocycles. The molecule has 3 rings (SSSR count). The van der Waals surface area contributed by atoms with Crippen LogP contribution < -0.4 is 5.73 Å². The summed E-state index contributed by atoms with van der Waals surface area (Å²) in [6.45, 7) is 10.3. The lowest BCUT2D eigenvalue weighted by Gasteiger charge is -2.08. The predicted octanol–water partition coefficient (Wildman–Crippen LogP) is 6.48. The number of hydrogen-bond acceptors (Lipinski definition) is 1. The summed E-state index contributed by atoms with van der Waals surface area (Å²) in [6.07, 6.45) is 0. The molecule has 0 radical (unpaired) electrons. The first-order chi connectivity index (χ1) is 13.1. The van der Waals surface area contributed by atoms with E-state index in [1.165, 1.54) is 16.7 Å². The van der Waals surface area contributed by atoms with E-state index in [1.54, 1.807) is 0 Å². The van der Waals surface area contributed by atoms with Crippen LogP contribution in [-0.4, -0.2) is 5.84 Å². The largest absolute Gasteiger partial charge is 0.383 e. The highest BCUT2D eigenvalue weighted by Crippen LogP contribution is 2.16. The highest BCUT2D eigenvalue weighted by molar-refractivity contribution is 5.97. The zero-order chi connectivity index (χ0) is 20.1. The van der Waals surface area contributed by atoms with Crippen molar-refractivity contribution in [1.82, 2.24) is 0 Å². The number of nitrogens with two attached hydrogens (primary N) is 1. The monoisotopic (exact) mass is 360 g/mol. The lowest BCUT2D eigenvalue weighted by Crippen LogP contribution is -2.14.